The van der Waals surface area contributed by atoms with E-state index in [1.165, 1.54) is 5.56 Å². The lowest BCUT2D eigenvalue weighted by Gasteiger charge is -2.33. The van der Waals surface area contributed by atoms with Crippen molar-refractivity contribution >= 4 is 34.8 Å². The number of rotatable bonds is 11. The number of methoxy groups -OCH3 is 2. The number of nitrogens with zero attached hydrogens (tertiary/aromatic N) is 8. The molecule has 1 fully saturated rings. The first-order valence-corrected chi connectivity index (χ1v) is 23.7. The van der Waals surface area contributed by atoms with E-state index >= 15 is 0 Å². The third kappa shape index (κ3) is 9.02. The van der Waals surface area contributed by atoms with E-state index in [0.29, 0.717) is 60.0 Å². The number of aromatic nitrogens is 3. The van der Waals surface area contributed by atoms with Gasteiger partial charge in [0.15, 0.2) is 5.82 Å². The maximum atomic E-state index is 14.2. The molecule has 0 aliphatic carbocycles. The molecule has 1 saturated heterocycles. The van der Waals surface area contributed by atoms with Crippen molar-refractivity contribution in [2.45, 2.75) is 77.0 Å². The van der Waals surface area contributed by atoms with Crippen LogP contribution in [0.5, 0.6) is 23.0 Å². The lowest BCUT2D eigenvalue weighted by molar-refractivity contribution is -0.132. The number of anilines is 1. The summed E-state index contributed by atoms with van der Waals surface area (Å²) >= 11 is 0. The first-order valence-electron chi connectivity index (χ1n) is 23.7. The minimum atomic E-state index is -0.615. The number of aromatic hydroxyl groups is 2. The van der Waals surface area contributed by atoms with Crippen LogP contribution in [0, 0.1) is 6.92 Å². The van der Waals surface area contributed by atoms with Crippen LogP contribution in [-0.4, -0.2) is 98.3 Å². The van der Waals surface area contributed by atoms with E-state index in [-0.39, 0.29) is 48.1 Å². The number of allylic oxidation sites excluding steroid dienone is 1. The number of aryl methyl sites for hydroxylation is 1. The fourth-order valence-corrected chi connectivity index (χ4v) is 10.1. The van der Waals surface area contributed by atoms with Crippen molar-refractivity contribution in [3.63, 3.8) is 0 Å². The van der Waals surface area contributed by atoms with Gasteiger partial charge in [0, 0.05) is 53.7 Å². The second kappa shape index (κ2) is 19.1. The maximum absolute atomic E-state index is 14.2. The van der Waals surface area contributed by atoms with E-state index in [2.05, 4.69) is 38.6 Å². The molecule has 6 aromatic rings. The number of phenols is 2. The number of amidine groups is 1. The third-order valence-electron chi connectivity index (χ3n) is 13.6. The van der Waals surface area contributed by atoms with Crippen LogP contribution >= 0.6 is 0 Å². The highest BCUT2D eigenvalue weighted by Crippen LogP contribution is 2.39. The largest absolute Gasteiger partial charge is 0.508 e. The van der Waals surface area contributed by atoms with E-state index in [1.54, 1.807) is 38.5 Å². The first-order chi connectivity index (χ1) is 33.9. The number of ether oxygens (including phenoxy) is 2. The average Bonchev–Trinajstić information content (AvgIpc) is 3.63. The Kier molecular flexibility index (Phi) is 12.5. The molecule has 0 spiro atoms. The zero-order valence-electron chi connectivity index (χ0n) is 39.8. The predicted octanol–water partition coefficient (Wildman–Crippen LogP) is 8.13. The number of fused-ring (bicyclic) bond motifs is 6. The molecule has 2 amide bonds. The van der Waals surface area contributed by atoms with Gasteiger partial charge in [-0.05, 0) is 136 Å². The lowest BCUT2D eigenvalue weighted by atomic mass is 9.88. The Morgan fingerprint density at radius 1 is 0.714 bits per heavy atom. The van der Waals surface area contributed by atoms with Crippen molar-refractivity contribution in [2.24, 2.45) is 15.0 Å². The van der Waals surface area contributed by atoms with E-state index in [4.69, 9.17) is 24.5 Å². The van der Waals surface area contributed by atoms with E-state index in [0.717, 1.165) is 57.7 Å². The van der Waals surface area contributed by atoms with Gasteiger partial charge in [-0.15, -0.1) is 10.2 Å². The summed E-state index contributed by atoms with van der Waals surface area (Å²) in [6.07, 6.45) is 3.86. The fraction of sp³-hybridized carbons (Fsp3) is 0.291. The van der Waals surface area contributed by atoms with E-state index in [1.807, 2.05) is 103 Å². The number of aliphatic imine (C=N–C) groups is 3. The normalized spacial score (nSPS) is 18.6. The number of hydrogen-bond donors (Lipinski definition) is 3. The van der Waals surface area contributed by atoms with Gasteiger partial charge in [-0.3, -0.25) is 29.1 Å². The number of piperidine rings is 1. The number of benzene rings is 5. The third-order valence-corrected chi connectivity index (χ3v) is 13.6. The molecule has 15 heteroatoms. The summed E-state index contributed by atoms with van der Waals surface area (Å²) in [6, 6.07) is 32.5. The summed E-state index contributed by atoms with van der Waals surface area (Å²) in [5.41, 5.74) is 9.46. The number of phenolic OH excluding ortho intramolecular Hbond substituents is 2. The van der Waals surface area contributed by atoms with Crippen molar-refractivity contribution < 1.29 is 29.3 Å². The van der Waals surface area contributed by atoms with Crippen LogP contribution in [0.4, 0.5) is 5.69 Å². The number of hydrogen-bond acceptors (Lipinski definition) is 12. The second-order valence-electron chi connectivity index (χ2n) is 18.2. The molecule has 10 rings (SSSR count). The van der Waals surface area contributed by atoms with Crippen molar-refractivity contribution in [3.05, 3.63) is 166 Å². The van der Waals surface area contributed by atoms with Crippen molar-refractivity contribution in [1.29, 1.82) is 0 Å². The average molecular weight is 938 g/mol. The molecule has 1 aromatic heterocycles. The molecule has 5 heterocycles. The first kappa shape index (κ1) is 45.7. The zero-order valence-corrected chi connectivity index (χ0v) is 39.8. The minimum absolute atomic E-state index is 0.00999. The minimum Gasteiger partial charge on any atom is -0.508 e. The van der Waals surface area contributed by atoms with Gasteiger partial charge in [-0.1, -0.05) is 24.3 Å². The van der Waals surface area contributed by atoms with Crippen LogP contribution in [-0.2, 0) is 16.1 Å². The SMILES string of the molecule is COc1ccc2c(c1)C(c1ccc(O)cc1)=NC(CC(=O)NCc1cccc(C3CCN(C(=O)CC4N=C(c5ccc(O)cc5)c5ccc(OC)cc5-n5c(C)nnc54)CC3)c1)C1=NC(C)C=C(C)N12. The Labute approximate surface area is 406 Å². The molecule has 4 aliphatic heterocycles. The van der Waals surface area contributed by atoms with Crippen molar-refractivity contribution in [2.75, 3.05) is 32.2 Å². The highest BCUT2D eigenvalue weighted by molar-refractivity contribution is 6.22. The molecule has 0 bridgehead atoms. The Bertz CT molecular complexity index is 3110. The summed E-state index contributed by atoms with van der Waals surface area (Å²) in [6.45, 7) is 7.48. The number of likely N-dealkylation sites (tertiary alicyclic amines) is 1. The van der Waals surface area contributed by atoms with Gasteiger partial charge in [-0.25, -0.2) is 0 Å². The molecule has 5 aromatic carbocycles. The number of nitrogens with one attached hydrogen (secondary N) is 1. The molecule has 4 aliphatic rings. The Hall–Kier alpha value is -8.07. The van der Waals surface area contributed by atoms with Gasteiger partial charge in [-0.2, -0.15) is 0 Å². The van der Waals surface area contributed by atoms with Crippen molar-refractivity contribution in [3.8, 4) is 28.7 Å². The number of carbonyl (C=O) groups is 2. The Balaban J connectivity index is 0.823. The van der Waals surface area contributed by atoms with Crippen LogP contribution in [0.15, 0.2) is 136 Å². The summed E-state index contributed by atoms with van der Waals surface area (Å²) in [5.74, 6) is 3.64. The highest BCUT2D eigenvalue weighted by Gasteiger charge is 2.36. The molecular weight excluding hydrogens is 883 g/mol. The molecule has 3 atom stereocenters. The van der Waals surface area contributed by atoms with Crippen LogP contribution in [0.3, 0.4) is 0 Å². The molecule has 0 radical (unpaired) electrons. The summed E-state index contributed by atoms with van der Waals surface area (Å²) in [5, 5.41) is 32.4. The summed E-state index contributed by atoms with van der Waals surface area (Å²) in [4.78, 5) is 47.8. The fourth-order valence-electron chi connectivity index (χ4n) is 10.1. The molecule has 0 saturated carbocycles. The topological polar surface area (TPSA) is 179 Å². The molecule has 356 valence electrons. The monoisotopic (exact) mass is 937 g/mol. The van der Waals surface area contributed by atoms with Gasteiger partial charge in [0.1, 0.15) is 46.7 Å². The second-order valence-corrected chi connectivity index (χ2v) is 18.2. The van der Waals surface area contributed by atoms with Gasteiger partial charge < -0.3 is 34.8 Å². The number of carbonyl (C=O) groups excluding carboxylic acids is 2. The van der Waals surface area contributed by atoms with Crippen LogP contribution in [0.25, 0.3) is 5.69 Å². The maximum Gasteiger partial charge on any atom is 0.225 e. The summed E-state index contributed by atoms with van der Waals surface area (Å²) < 4.78 is 13.2. The molecule has 3 unspecified atom stereocenters. The standard InChI is InChI=1S/C55H55N9O6/c1-32-25-33(2)63-48-20-18-42(69-4)27-45(48)53(38-11-15-41(66)16-12-38)58-46(54(63)57-32)29-50(67)56-31-35-7-6-8-39(26-35)36-21-23-62(24-22-36)51(68)30-47-55-61-60-34(3)64(55)49-28-43(70-5)17-19-44(49)52(59-47)37-9-13-40(65)14-10-37/h6-20,25-28,32,36,46-47,65-66H,21-24,29-31H2,1-5H3,(H,56,67). The van der Waals surface area contributed by atoms with Gasteiger partial charge in [0.25, 0.3) is 0 Å². The zero-order chi connectivity index (χ0) is 48.6. The quantitative estimate of drug-likeness (QED) is 0.116. The van der Waals surface area contributed by atoms with Crippen LogP contribution in [0.2, 0.25) is 0 Å². The Morgan fingerprint density at radius 2 is 1.37 bits per heavy atom. The van der Waals surface area contributed by atoms with Gasteiger partial charge in [0.05, 0.1) is 55.9 Å². The predicted molar refractivity (Wildman–Crippen MR) is 269 cm³/mol. The summed E-state index contributed by atoms with van der Waals surface area (Å²) in [7, 11) is 3.25. The van der Waals surface area contributed by atoms with Gasteiger partial charge >= 0.3 is 0 Å². The molecular formula is C55H55N9O6. The lowest BCUT2D eigenvalue weighted by Crippen LogP contribution is -2.42. The van der Waals surface area contributed by atoms with Gasteiger partial charge in [0.2, 0.25) is 11.8 Å². The highest BCUT2D eigenvalue weighted by atomic mass is 16.5. The van der Waals surface area contributed by atoms with Crippen LogP contribution in [0.1, 0.15) is 96.5 Å². The van der Waals surface area contributed by atoms with E-state index in [9.17, 15) is 19.8 Å². The Morgan fingerprint density at radius 3 is 2.07 bits per heavy atom. The number of amides is 2. The van der Waals surface area contributed by atoms with Crippen LogP contribution < -0.4 is 19.7 Å². The molecule has 15 nitrogen and oxygen atoms in total. The smallest absolute Gasteiger partial charge is 0.225 e. The van der Waals surface area contributed by atoms with E-state index < -0.39 is 12.1 Å². The van der Waals surface area contributed by atoms with Crippen molar-refractivity contribution in [1.82, 2.24) is 25.0 Å². The molecule has 70 heavy (non-hydrogen) atoms. The molecule has 3 N–H and O–H groups in total.